The summed E-state index contributed by atoms with van der Waals surface area (Å²) in [4.78, 5) is 0. The SMILES string of the molecule is C[C@@H]1C[C@H]2[C@H]3[C@H]([C@@H](O)C[C@]2(C)[C@]12OCOC21COCO1)[C@@]1(C)CCCC=C1C[C@H]3Cl. The van der Waals surface area contributed by atoms with E-state index in [2.05, 4.69) is 26.8 Å². The van der Waals surface area contributed by atoms with Crippen molar-refractivity contribution in [3.8, 4) is 0 Å². The Bertz CT molecular complexity index is 759. The van der Waals surface area contributed by atoms with Gasteiger partial charge >= 0.3 is 0 Å². The molecule has 6 heteroatoms. The predicted octanol–water partition coefficient (Wildman–Crippen LogP) is 4.22. The second kappa shape index (κ2) is 6.45. The standard InChI is InChI=1S/C24H35ClO5/c1-14-8-16-19-17(25)9-15-6-4-5-7-21(15,2)20(19)18(26)10-22(16,3)24(14)23(29-13-30-24)11-27-12-28-23/h6,14,16-20,26H,4-5,7-13H2,1-3H3/t14-,16+,17-,18+,19-,20+,21+,22+,23?,24-/m1/s1. The van der Waals surface area contributed by atoms with E-state index in [0.29, 0.717) is 18.9 Å². The molecule has 30 heavy (non-hydrogen) atoms. The Labute approximate surface area is 184 Å². The zero-order chi connectivity index (χ0) is 20.9. The smallest absolute Gasteiger partial charge is 0.227 e. The number of aliphatic hydroxyl groups excluding tert-OH is 1. The van der Waals surface area contributed by atoms with Crippen LogP contribution in [0.4, 0.5) is 0 Å². The quantitative estimate of drug-likeness (QED) is 0.453. The normalized spacial score (nSPS) is 59.8. The van der Waals surface area contributed by atoms with Crippen molar-refractivity contribution in [1.82, 2.24) is 0 Å². The van der Waals surface area contributed by atoms with Crippen LogP contribution in [0, 0.1) is 34.5 Å². The van der Waals surface area contributed by atoms with Crippen molar-refractivity contribution in [3.05, 3.63) is 11.6 Å². The molecule has 5 fully saturated rings. The van der Waals surface area contributed by atoms with Gasteiger partial charge in [0.2, 0.25) is 5.79 Å². The van der Waals surface area contributed by atoms with Gasteiger partial charge in [0.15, 0.2) is 13.6 Å². The molecule has 0 aromatic heterocycles. The molecule has 2 aliphatic heterocycles. The molecule has 168 valence electrons. The third-order valence-electron chi connectivity index (χ3n) is 10.3. The fraction of sp³-hybridized carbons (Fsp3) is 0.917. The molecule has 1 N–H and O–H groups in total. The Balaban J connectivity index is 1.47. The highest BCUT2D eigenvalue weighted by Crippen LogP contribution is 2.73. The number of alkyl halides is 1. The molecule has 10 atom stereocenters. The van der Waals surface area contributed by atoms with E-state index in [1.165, 1.54) is 12.0 Å². The second-order valence-corrected chi connectivity index (χ2v) is 11.9. The van der Waals surface area contributed by atoms with E-state index >= 15 is 0 Å². The molecule has 0 radical (unpaired) electrons. The first-order chi connectivity index (χ1) is 14.3. The summed E-state index contributed by atoms with van der Waals surface area (Å²) in [6, 6.07) is 0. The van der Waals surface area contributed by atoms with Crippen molar-refractivity contribution in [2.75, 3.05) is 20.2 Å². The molecular weight excluding hydrogens is 404 g/mol. The first-order valence-electron chi connectivity index (χ1n) is 11.8. The lowest BCUT2D eigenvalue weighted by molar-refractivity contribution is -0.266. The van der Waals surface area contributed by atoms with E-state index < -0.39 is 17.5 Å². The predicted molar refractivity (Wildman–Crippen MR) is 112 cm³/mol. The molecule has 6 aliphatic rings. The molecule has 0 aromatic rings. The fourth-order valence-electron chi connectivity index (χ4n) is 9.31. The van der Waals surface area contributed by atoms with Gasteiger partial charge in [-0.25, -0.2) is 0 Å². The summed E-state index contributed by atoms with van der Waals surface area (Å²) in [7, 11) is 0. The average molecular weight is 439 g/mol. The topological polar surface area (TPSA) is 57.2 Å². The Morgan fingerprint density at radius 1 is 1.17 bits per heavy atom. The van der Waals surface area contributed by atoms with Gasteiger partial charge in [0.1, 0.15) is 12.2 Å². The molecule has 2 heterocycles. The zero-order valence-electron chi connectivity index (χ0n) is 18.4. The maximum atomic E-state index is 11.7. The van der Waals surface area contributed by atoms with Crippen LogP contribution in [0.25, 0.3) is 0 Å². The van der Waals surface area contributed by atoms with Gasteiger partial charge in [-0.3, -0.25) is 0 Å². The van der Waals surface area contributed by atoms with E-state index in [0.717, 1.165) is 25.7 Å². The lowest BCUT2D eigenvalue weighted by Crippen LogP contribution is -2.68. The Kier molecular flexibility index (Phi) is 4.40. The molecule has 4 aliphatic carbocycles. The molecule has 2 saturated heterocycles. The number of aliphatic hydroxyl groups is 1. The lowest BCUT2D eigenvalue weighted by atomic mass is 9.45. The third kappa shape index (κ3) is 2.18. The van der Waals surface area contributed by atoms with Gasteiger partial charge < -0.3 is 24.1 Å². The molecule has 0 bridgehead atoms. The highest BCUT2D eigenvalue weighted by molar-refractivity contribution is 6.21. The van der Waals surface area contributed by atoms with Gasteiger partial charge in [0, 0.05) is 10.8 Å². The largest absolute Gasteiger partial charge is 0.393 e. The molecular formula is C24H35ClO5. The monoisotopic (exact) mass is 438 g/mol. The minimum Gasteiger partial charge on any atom is -0.393 e. The highest BCUT2D eigenvalue weighted by Gasteiger charge is 2.79. The van der Waals surface area contributed by atoms with Crippen LogP contribution in [0.15, 0.2) is 11.6 Å². The summed E-state index contributed by atoms with van der Waals surface area (Å²) in [6.07, 6.45) is 8.19. The van der Waals surface area contributed by atoms with Crippen molar-refractivity contribution in [3.63, 3.8) is 0 Å². The van der Waals surface area contributed by atoms with Crippen molar-refractivity contribution in [1.29, 1.82) is 0 Å². The molecule has 3 saturated carbocycles. The Morgan fingerprint density at radius 2 is 1.97 bits per heavy atom. The van der Waals surface area contributed by atoms with E-state index in [9.17, 15) is 5.11 Å². The summed E-state index contributed by atoms with van der Waals surface area (Å²) in [6.45, 7) is 7.80. The maximum absolute atomic E-state index is 11.7. The van der Waals surface area contributed by atoms with Gasteiger partial charge in [-0.05, 0) is 67.6 Å². The van der Waals surface area contributed by atoms with Crippen LogP contribution in [0.2, 0.25) is 0 Å². The van der Waals surface area contributed by atoms with Crippen LogP contribution in [-0.4, -0.2) is 48.2 Å². The van der Waals surface area contributed by atoms with Crippen molar-refractivity contribution in [2.24, 2.45) is 34.5 Å². The number of hydrogen-bond acceptors (Lipinski definition) is 5. The van der Waals surface area contributed by atoms with Gasteiger partial charge in [0.05, 0.1) is 6.10 Å². The molecule has 5 nitrogen and oxygen atoms in total. The van der Waals surface area contributed by atoms with E-state index in [-0.39, 0.29) is 47.5 Å². The first kappa shape index (κ1) is 20.4. The number of fused-ring (bicyclic) bond motifs is 7. The second-order valence-electron chi connectivity index (χ2n) is 11.3. The van der Waals surface area contributed by atoms with Crippen LogP contribution < -0.4 is 0 Å². The molecule has 0 amide bonds. The fourth-order valence-corrected chi connectivity index (χ4v) is 9.81. The summed E-state index contributed by atoms with van der Waals surface area (Å²) in [5.74, 6) is 0.207. The van der Waals surface area contributed by atoms with E-state index in [1.54, 1.807) is 0 Å². The van der Waals surface area contributed by atoms with E-state index in [1.807, 2.05) is 0 Å². The van der Waals surface area contributed by atoms with Crippen LogP contribution in [0.5, 0.6) is 0 Å². The van der Waals surface area contributed by atoms with Crippen molar-refractivity contribution in [2.45, 2.75) is 82.2 Å². The number of allylic oxidation sites excluding steroid dienone is 2. The maximum Gasteiger partial charge on any atom is 0.227 e. The highest BCUT2D eigenvalue weighted by atomic mass is 35.5. The number of halogens is 1. The van der Waals surface area contributed by atoms with Crippen LogP contribution in [-0.2, 0) is 18.9 Å². The average Bonchev–Trinajstić information content (AvgIpc) is 3.38. The summed E-state index contributed by atoms with van der Waals surface area (Å²) in [5.41, 5.74) is 0.651. The number of rotatable bonds is 0. The van der Waals surface area contributed by atoms with Crippen LogP contribution >= 0.6 is 11.6 Å². The molecule has 6 rings (SSSR count). The summed E-state index contributed by atoms with van der Waals surface area (Å²) < 4.78 is 24.5. The molecule has 0 aromatic carbocycles. The van der Waals surface area contributed by atoms with Gasteiger partial charge in [-0.2, -0.15) is 0 Å². The van der Waals surface area contributed by atoms with Gasteiger partial charge in [-0.1, -0.05) is 32.4 Å². The molecule has 1 unspecified atom stereocenters. The minimum absolute atomic E-state index is 0.0491. The van der Waals surface area contributed by atoms with Crippen LogP contribution in [0.1, 0.15) is 59.3 Å². The zero-order valence-corrected chi connectivity index (χ0v) is 19.1. The number of hydrogen-bond donors (Lipinski definition) is 1. The summed E-state index contributed by atoms with van der Waals surface area (Å²) >= 11 is 7.18. The summed E-state index contributed by atoms with van der Waals surface area (Å²) in [5, 5.41) is 11.8. The van der Waals surface area contributed by atoms with Gasteiger partial charge in [0.25, 0.3) is 0 Å². The lowest BCUT2D eigenvalue weighted by Gasteiger charge is -2.62. The molecule has 2 spiro atoms. The Morgan fingerprint density at radius 3 is 2.73 bits per heavy atom. The van der Waals surface area contributed by atoms with Crippen molar-refractivity contribution < 1.29 is 24.1 Å². The third-order valence-corrected chi connectivity index (χ3v) is 10.7. The number of ether oxygens (including phenoxy) is 4. The van der Waals surface area contributed by atoms with Crippen LogP contribution in [0.3, 0.4) is 0 Å². The minimum atomic E-state index is -0.876. The Hall–Kier alpha value is -0.170. The van der Waals surface area contributed by atoms with Gasteiger partial charge in [-0.15, -0.1) is 11.6 Å². The van der Waals surface area contributed by atoms with E-state index in [4.69, 9.17) is 30.5 Å². The first-order valence-corrected chi connectivity index (χ1v) is 12.2. The van der Waals surface area contributed by atoms with Crippen molar-refractivity contribution >= 4 is 11.6 Å².